The molecule has 0 aliphatic carbocycles. The Kier molecular flexibility index (Phi) is 6.11. The van der Waals surface area contributed by atoms with Gasteiger partial charge in [-0.05, 0) is 35.9 Å². The van der Waals surface area contributed by atoms with E-state index in [1.165, 1.54) is 0 Å². The third-order valence-corrected chi connectivity index (χ3v) is 5.08. The van der Waals surface area contributed by atoms with Crippen molar-refractivity contribution in [1.29, 1.82) is 0 Å². The monoisotopic (exact) mass is 413 g/mol. The highest BCUT2D eigenvalue weighted by atomic mass is 35.5. The zero-order chi connectivity index (χ0) is 20.8. The molecule has 4 heteroatoms. The van der Waals surface area contributed by atoms with Gasteiger partial charge in [0.2, 0.25) is 0 Å². The quantitative estimate of drug-likeness (QED) is 0.376. The van der Waals surface area contributed by atoms with E-state index in [9.17, 15) is 4.79 Å². The molecule has 0 saturated heterocycles. The number of benzene rings is 4. The molecule has 0 atom stereocenters. The molecule has 0 saturated carbocycles. The first-order chi connectivity index (χ1) is 14.7. The van der Waals surface area contributed by atoms with Crippen LogP contribution in [0, 0.1) is 0 Å². The minimum Gasteiger partial charge on any atom is -0.489 e. The van der Waals surface area contributed by atoms with E-state index < -0.39 is 0 Å². The minimum absolute atomic E-state index is 0.193. The van der Waals surface area contributed by atoms with Crippen LogP contribution in [0.25, 0.3) is 11.1 Å². The van der Waals surface area contributed by atoms with Crippen LogP contribution >= 0.6 is 11.6 Å². The van der Waals surface area contributed by atoms with Crippen LogP contribution in [-0.4, -0.2) is 5.91 Å². The van der Waals surface area contributed by atoms with Crippen LogP contribution < -0.4 is 10.1 Å². The molecule has 0 radical (unpaired) electrons. The van der Waals surface area contributed by atoms with Gasteiger partial charge in [-0.3, -0.25) is 4.79 Å². The molecule has 0 bridgehead atoms. The normalized spacial score (nSPS) is 10.4. The minimum atomic E-state index is -0.193. The summed E-state index contributed by atoms with van der Waals surface area (Å²) in [6.45, 7) is 0.335. The topological polar surface area (TPSA) is 38.3 Å². The van der Waals surface area contributed by atoms with E-state index in [4.69, 9.17) is 16.3 Å². The lowest BCUT2D eigenvalue weighted by molar-refractivity contribution is 0.102. The summed E-state index contributed by atoms with van der Waals surface area (Å²) in [4.78, 5) is 12.9. The predicted molar refractivity (Wildman–Crippen MR) is 122 cm³/mol. The van der Waals surface area contributed by atoms with E-state index in [0.717, 1.165) is 22.4 Å². The first-order valence-corrected chi connectivity index (χ1v) is 10.0. The van der Waals surface area contributed by atoms with Gasteiger partial charge >= 0.3 is 0 Å². The molecule has 0 spiro atoms. The first kappa shape index (κ1) is 19.7. The number of anilines is 1. The lowest BCUT2D eigenvalue weighted by Gasteiger charge is -2.12. The van der Waals surface area contributed by atoms with E-state index in [2.05, 4.69) is 5.32 Å². The van der Waals surface area contributed by atoms with Gasteiger partial charge < -0.3 is 10.1 Å². The molecular weight excluding hydrogens is 394 g/mol. The van der Waals surface area contributed by atoms with Crippen molar-refractivity contribution in [2.75, 3.05) is 5.32 Å². The van der Waals surface area contributed by atoms with E-state index >= 15 is 0 Å². The highest BCUT2D eigenvalue weighted by Crippen LogP contribution is 2.28. The molecule has 0 heterocycles. The van der Waals surface area contributed by atoms with Crippen molar-refractivity contribution in [1.82, 2.24) is 0 Å². The molecule has 0 aliphatic rings. The van der Waals surface area contributed by atoms with Crippen molar-refractivity contribution in [3.63, 3.8) is 0 Å². The van der Waals surface area contributed by atoms with Crippen molar-refractivity contribution in [3.05, 3.63) is 119 Å². The van der Waals surface area contributed by atoms with Crippen LogP contribution in [0.5, 0.6) is 5.75 Å². The summed E-state index contributed by atoms with van der Waals surface area (Å²) >= 11 is 6.18. The highest BCUT2D eigenvalue weighted by molar-refractivity contribution is 6.31. The number of hydrogen-bond donors (Lipinski definition) is 1. The summed E-state index contributed by atoms with van der Waals surface area (Å²) in [6.07, 6.45) is 0. The van der Waals surface area contributed by atoms with E-state index in [0.29, 0.717) is 22.9 Å². The number of ether oxygens (including phenoxy) is 1. The number of carbonyl (C=O) groups is 1. The summed E-state index contributed by atoms with van der Waals surface area (Å²) in [5.41, 5.74) is 4.19. The van der Waals surface area contributed by atoms with Gasteiger partial charge in [-0.15, -0.1) is 0 Å². The van der Waals surface area contributed by atoms with Crippen LogP contribution in [0.4, 0.5) is 5.69 Å². The van der Waals surface area contributed by atoms with E-state index in [1.807, 2.05) is 84.9 Å². The second-order valence-corrected chi connectivity index (χ2v) is 7.18. The molecule has 0 aromatic heterocycles. The van der Waals surface area contributed by atoms with Crippen LogP contribution in [0.3, 0.4) is 0 Å². The second kappa shape index (κ2) is 9.29. The molecule has 1 N–H and O–H groups in total. The molecule has 4 aromatic carbocycles. The third-order valence-electron chi connectivity index (χ3n) is 4.71. The molecule has 30 heavy (non-hydrogen) atoms. The molecule has 3 nitrogen and oxygen atoms in total. The Morgan fingerprint density at radius 3 is 2.37 bits per heavy atom. The van der Waals surface area contributed by atoms with E-state index in [-0.39, 0.29) is 5.91 Å². The number of rotatable bonds is 6. The zero-order valence-electron chi connectivity index (χ0n) is 16.2. The summed E-state index contributed by atoms with van der Waals surface area (Å²) in [7, 11) is 0. The Morgan fingerprint density at radius 2 is 1.53 bits per heavy atom. The van der Waals surface area contributed by atoms with Gasteiger partial charge in [0.25, 0.3) is 5.91 Å². The molecule has 0 fully saturated rings. The fourth-order valence-corrected chi connectivity index (χ4v) is 3.35. The van der Waals surface area contributed by atoms with Gasteiger partial charge in [0, 0.05) is 27.4 Å². The predicted octanol–water partition coefficient (Wildman–Crippen LogP) is 6.84. The molecule has 148 valence electrons. The van der Waals surface area contributed by atoms with E-state index in [1.54, 1.807) is 18.2 Å². The number of halogens is 1. The number of carbonyl (C=O) groups excluding carboxylic acids is 1. The first-order valence-electron chi connectivity index (χ1n) is 9.63. The maximum Gasteiger partial charge on any atom is 0.255 e. The standard InChI is InChI=1S/C26H20ClNO2/c27-24-15-6-4-11-21(24)18-30-22-13-8-12-20(17-22)26(29)28-25-16-7-5-14-23(25)19-9-2-1-3-10-19/h1-17H,18H2,(H,28,29). The molecular formula is C26H20ClNO2. The van der Waals surface area contributed by atoms with Gasteiger partial charge in [-0.25, -0.2) is 0 Å². The SMILES string of the molecule is O=C(Nc1ccccc1-c1ccccc1)c1cccc(OCc2ccccc2Cl)c1. The van der Waals surface area contributed by atoms with Crippen molar-refractivity contribution < 1.29 is 9.53 Å². The average molecular weight is 414 g/mol. The highest BCUT2D eigenvalue weighted by Gasteiger charge is 2.11. The van der Waals surface area contributed by atoms with Crippen molar-refractivity contribution in [2.24, 2.45) is 0 Å². The summed E-state index contributed by atoms with van der Waals surface area (Å²) < 4.78 is 5.84. The maximum atomic E-state index is 12.9. The number of nitrogens with one attached hydrogen (secondary N) is 1. The van der Waals surface area contributed by atoms with Gasteiger partial charge in [-0.1, -0.05) is 84.4 Å². The average Bonchev–Trinajstić information content (AvgIpc) is 2.80. The fraction of sp³-hybridized carbons (Fsp3) is 0.0385. The maximum absolute atomic E-state index is 12.9. The van der Waals surface area contributed by atoms with Crippen LogP contribution in [-0.2, 0) is 6.61 Å². The van der Waals surface area contributed by atoms with Gasteiger partial charge in [-0.2, -0.15) is 0 Å². The number of hydrogen-bond acceptors (Lipinski definition) is 2. The largest absolute Gasteiger partial charge is 0.489 e. The van der Waals surface area contributed by atoms with Gasteiger partial charge in [0.15, 0.2) is 0 Å². The number of amides is 1. The Morgan fingerprint density at radius 1 is 0.800 bits per heavy atom. The molecule has 0 aliphatic heterocycles. The number of para-hydroxylation sites is 1. The van der Waals surface area contributed by atoms with Crippen molar-refractivity contribution in [3.8, 4) is 16.9 Å². The Bertz CT molecular complexity index is 1160. The fourth-order valence-electron chi connectivity index (χ4n) is 3.16. The zero-order valence-corrected chi connectivity index (χ0v) is 17.0. The van der Waals surface area contributed by atoms with Crippen LogP contribution in [0.2, 0.25) is 5.02 Å². The van der Waals surface area contributed by atoms with Gasteiger partial charge in [0.05, 0.1) is 0 Å². The molecule has 1 amide bonds. The second-order valence-electron chi connectivity index (χ2n) is 6.77. The smallest absolute Gasteiger partial charge is 0.255 e. The lowest BCUT2D eigenvalue weighted by Crippen LogP contribution is -2.12. The van der Waals surface area contributed by atoms with Crippen LogP contribution in [0.1, 0.15) is 15.9 Å². The Labute approximate surface area is 180 Å². The summed E-state index contributed by atoms with van der Waals surface area (Å²) in [5, 5.41) is 3.68. The molecule has 4 rings (SSSR count). The van der Waals surface area contributed by atoms with Crippen LogP contribution in [0.15, 0.2) is 103 Å². The lowest BCUT2D eigenvalue weighted by atomic mass is 10.0. The molecule has 0 unspecified atom stereocenters. The summed E-state index contributed by atoms with van der Waals surface area (Å²) in [6, 6.07) is 32.4. The Balaban J connectivity index is 1.50. The third kappa shape index (κ3) is 4.70. The molecule has 4 aromatic rings. The Hall–Kier alpha value is -3.56. The van der Waals surface area contributed by atoms with Crippen molar-refractivity contribution >= 4 is 23.2 Å². The van der Waals surface area contributed by atoms with Gasteiger partial charge in [0.1, 0.15) is 12.4 Å². The summed E-state index contributed by atoms with van der Waals surface area (Å²) in [5.74, 6) is 0.417. The van der Waals surface area contributed by atoms with Crippen molar-refractivity contribution in [2.45, 2.75) is 6.61 Å².